The molecule has 0 aromatic heterocycles. The van der Waals surface area contributed by atoms with E-state index in [-0.39, 0.29) is 11.9 Å². The van der Waals surface area contributed by atoms with Crippen LogP contribution in [0.5, 0.6) is 0 Å². The minimum Gasteiger partial charge on any atom is -0.449 e. The molecule has 25 heavy (non-hydrogen) atoms. The molecule has 2 aromatic rings. The summed E-state index contributed by atoms with van der Waals surface area (Å²) in [6.07, 6.45) is -0.0134. The number of carbonyl (C=O) groups excluding carboxylic acids is 2. The van der Waals surface area contributed by atoms with Crippen molar-refractivity contribution in [1.82, 2.24) is 0 Å². The second kappa shape index (κ2) is 6.71. The third kappa shape index (κ3) is 3.16. The van der Waals surface area contributed by atoms with E-state index < -0.39 is 12.1 Å². The lowest BCUT2D eigenvalue weighted by Gasteiger charge is -2.26. The lowest BCUT2D eigenvalue weighted by atomic mass is 10.0. The molecule has 0 radical (unpaired) electrons. The highest BCUT2D eigenvalue weighted by Crippen LogP contribution is 2.32. The van der Waals surface area contributed by atoms with Crippen molar-refractivity contribution in [3.8, 4) is 0 Å². The molecular formula is C21H23NO3. The fourth-order valence-corrected chi connectivity index (χ4v) is 3.34. The van der Waals surface area contributed by atoms with Crippen molar-refractivity contribution in [2.24, 2.45) is 0 Å². The van der Waals surface area contributed by atoms with Crippen LogP contribution in [-0.2, 0) is 16.0 Å². The van der Waals surface area contributed by atoms with E-state index >= 15 is 0 Å². The van der Waals surface area contributed by atoms with Crippen LogP contribution in [0.1, 0.15) is 40.9 Å². The number of rotatable bonds is 3. The number of nitrogens with zero attached hydrogens (tertiary/aromatic N) is 1. The molecule has 0 N–H and O–H groups in total. The predicted molar refractivity (Wildman–Crippen MR) is 97.9 cm³/mol. The molecule has 0 aliphatic carbocycles. The summed E-state index contributed by atoms with van der Waals surface area (Å²) in [7, 11) is 0. The Hall–Kier alpha value is -2.62. The monoisotopic (exact) mass is 337 g/mol. The molecule has 2 aromatic carbocycles. The molecule has 0 saturated heterocycles. The maximum absolute atomic E-state index is 12.9. The number of esters is 1. The van der Waals surface area contributed by atoms with E-state index in [9.17, 15) is 9.59 Å². The van der Waals surface area contributed by atoms with Gasteiger partial charge in [0, 0.05) is 11.7 Å². The molecular weight excluding hydrogens is 314 g/mol. The Balaban J connectivity index is 1.77. The molecule has 0 spiro atoms. The van der Waals surface area contributed by atoms with E-state index in [1.165, 1.54) is 0 Å². The van der Waals surface area contributed by atoms with Crippen LogP contribution >= 0.6 is 0 Å². The van der Waals surface area contributed by atoms with Crippen molar-refractivity contribution in [2.75, 3.05) is 4.90 Å². The van der Waals surface area contributed by atoms with Crippen molar-refractivity contribution in [1.29, 1.82) is 0 Å². The maximum atomic E-state index is 12.9. The molecule has 3 rings (SSSR count). The normalized spacial score (nSPS) is 17.1. The molecule has 4 nitrogen and oxygen atoms in total. The number of anilines is 1. The Labute approximate surface area is 148 Å². The number of aryl methyl sites for hydroxylation is 1. The third-order valence-corrected chi connectivity index (χ3v) is 4.90. The maximum Gasteiger partial charge on any atom is 0.339 e. The van der Waals surface area contributed by atoms with E-state index in [0.717, 1.165) is 28.8 Å². The van der Waals surface area contributed by atoms with Crippen LogP contribution in [0.3, 0.4) is 0 Å². The SMILES string of the molecule is Cc1cccc(C(=O)O[C@@H](C)C(=O)N2c3ccccc3C[C@H]2C)c1C. The lowest BCUT2D eigenvalue weighted by molar-refractivity contribution is -0.126. The number of amides is 1. The quantitative estimate of drug-likeness (QED) is 0.800. The lowest BCUT2D eigenvalue weighted by Crippen LogP contribution is -2.43. The Morgan fingerprint density at radius 1 is 1.12 bits per heavy atom. The van der Waals surface area contributed by atoms with E-state index in [1.54, 1.807) is 17.9 Å². The topological polar surface area (TPSA) is 46.6 Å². The zero-order valence-electron chi connectivity index (χ0n) is 15.1. The summed E-state index contributed by atoms with van der Waals surface area (Å²) in [5.41, 5.74) is 4.48. The zero-order valence-corrected chi connectivity index (χ0v) is 15.1. The van der Waals surface area contributed by atoms with Crippen molar-refractivity contribution in [3.63, 3.8) is 0 Å². The van der Waals surface area contributed by atoms with Gasteiger partial charge in [-0.15, -0.1) is 0 Å². The largest absolute Gasteiger partial charge is 0.449 e. The first kappa shape index (κ1) is 17.2. The van der Waals surface area contributed by atoms with Crippen LogP contribution in [0, 0.1) is 13.8 Å². The molecule has 1 amide bonds. The summed E-state index contributed by atoms with van der Waals surface area (Å²) in [4.78, 5) is 27.1. The van der Waals surface area contributed by atoms with Crippen molar-refractivity contribution in [2.45, 2.75) is 46.3 Å². The van der Waals surface area contributed by atoms with Gasteiger partial charge in [0.1, 0.15) is 0 Å². The molecule has 0 bridgehead atoms. The summed E-state index contributed by atoms with van der Waals surface area (Å²) in [5.74, 6) is -0.640. The van der Waals surface area contributed by atoms with Gasteiger partial charge in [-0.05, 0) is 62.9 Å². The first-order chi connectivity index (χ1) is 11.9. The molecule has 130 valence electrons. The van der Waals surface area contributed by atoms with Crippen LogP contribution in [0.15, 0.2) is 42.5 Å². The highest BCUT2D eigenvalue weighted by atomic mass is 16.5. The molecule has 0 saturated carbocycles. The van der Waals surface area contributed by atoms with E-state index in [1.807, 2.05) is 57.2 Å². The fourth-order valence-electron chi connectivity index (χ4n) is 3.34. The average molecular weight is 337 g/mol. The van der Waals surface area contributed by atoms with Gasteiger partial charge in [-0.25, -0.2) is 4.79 Å². The van der Waals surface area contributed by atoms with Gasteiger partial charge in [0.2, 0.25) is 0 Å². The van der Waals surface area contributed by atoms with Gasteiger partial charge in [0.05, 0.1) is 5.56 Å². The standard InChI is InChI=1S/C21H23NO3/c1-13-8-7-10-18(15(13)3)21(24)25-16(4)20(23)22-14(2)12-17-9-5-6-11-19(17)22/h5-11,14,16H,12H2,1-4H3/t14-,16+/m1/s1. The van der Waals surface area contributed by atoms with Crippen LogP contribution in [-0.4, -0.2) is 24.0 Å². The van der Waals surface area contributed by atoms with E-state index in [2.05, 4.69) is 0 Å². The van der Waals surface area contributed by atoms with Gasteiger partial charge in [-0.2, -0.15) is 0 Å². The second-order valence-electron chi connectivity index (χ2n) is 6.69. The summed E-state index contributed by atoms with van der Waals surface area (Å²) < 4.78 is 5.48. The van der Waals surface area contributed by atoms with E-state index in [4.69, 9.17) is 4.74 Å². The number of carbonyl (C=O) groups is 2. The van der Waals surface area contributed by atoms with Crippen LogP contribution < -0.4 is 4.90 Å². The summed E-state index contributed by atoms with van der Waals surface area (Å²) in [5, 5.41) is 0. The highest BCUT2D eigenvalue weighted by molar-refractivity contribution is 6.01. The highest BCUT2D eigenvalue weighted by Gasteiger charge is 2.34. The number of fused-ring (bicyclic) bond motifs is 1. The molecule has 1 aliphatic rings. The van der Waals surface area contributed by atoms with Gasteiger partial charge < -0.3 is 9.64 Å². The van der Waals surface area contributed by atoms with Gasteiger partial charge in [0.25, 0.3) is 5.91 Å². The van der Waals surface area contributed by atoms with Crippen molar-refractivity contribution < 1.29 is 14.3 Å². The van der Waals surface area contributed by atoms with Gasteiger partial charge in [-0.3, -0.25) is 4.79 Å². The summed E-state index contributed by atoms with van der Waals surface area (Å²) in [6.45, 7) is 7.48. The van der Waals surface area contributed by atoms with E-state index in [0.29, 0.717) is 5.56 Å². The third-order valence-electron chi connectivity index (χ3n) is 4.90. The molecule has 4 heteroatoms. The number of ether oxygens (including phenoxy) is 1. The minimum atomic E-state index is -0.832. The zero-order chi connectivity index (χ0) is 18.1. The Kier molecular flexibility index (Phi) is 4.62. The first-order valence-electron chi connectivity index (χ1n) is 8.58. The van der Waals surface area contributed by atoms with Gasteiger partial charge >= 0.3 is 5.97 Å². The average Bonchev–Trinajstić information content (AvgIpc) is 2.92. The smallest absolute Gasteiger partial charge is 0.339 e. The Morgan fingerprint density at radius 3 is 2.60 bits per heavy atom. The van der Waals surface area contributed by atoms with Crippen molar-refractivity contribution in [3.05, 3.63) is 64.7 Å². The Morgan fingerprint density at radius 2 is 1.84 bits per heavy atom. The van der Waals surface area contributed by atoms with Gasteiger partial charge in [-0.1, -0.05) is 30.3 Å². The second-order valence-corrected chi connectivity index (χ2v) is 6.69. The summed E-state index contributed by atoms with van der Waals surface area (Å²) >= 11 is 0. The fraction of sp³-hybridized carbons (Fsp3) is 0.333. The molecule has 0 unspecified atom stereocenters. The molecule has 1 aliphatic heterocycles. The first-order valence-corrected chi connectivity index (χ1v) is 8.58. The number of para-hydroxylation sites is 1. The predicted octanol–water partition coefficient (Wildman–Crippen LogP) is 3.83. The van der Waals surface area contributed by atoms with Crippen LogP contribution in [0.4, 0.5) is 5.69 Å². The molecule has 2 atom stereocenters. The molecule has 1 heterocycles. The van der Waals surface area contributed by atoms with Gasteiger partial charge in [0.15, 0.2) is 6.10 Å². The number of benzene rings is 2. The Bertz CT molecular complexity index is 828. The van der Waals surface area contributed by atoms with Crippen molar-refractivity contribution >= 4 is 17.6 Å². The van der Waals surface area contributed by atoms with Crippen LogP contribution in [0.2, 0.25) is 0 Å². The number of hydrogen-bond acceptors (Lipinski definition) is 3. The number of hydrogen-bond donors (Lipinski definition) is 0. The molecule has 0 fully saturated rings. The summed E-state index contributed by atoms with van der Waals surface area (Å²) in [6, 6.07) is 13.4. The van der Waals surface area contributed by atoms with Crippen LogP contribution in [0.25, 0.3) is 0 Å². The minimum absolute atomic E-state index is 0.0618.